The number of ether oxygens (including phenoxy) is 1. The third-order valence-corrected chi connectivity index (χ3v) is 3.71. The lowest BCUT2D eigenvalue weighted by Gasteiger charge is -2.29. The van der Waals surface area contributed by atoms with Crippen LogP contribution in [-0.4, -0.2) is 29.5 Å². The SMILES string of the molecule is CCC(C)(CCO)NCc1cc(Cl)cc(OC)c1O. The van der Waals surface area contributed by atoms with E-state index < -0.39 is 0 Å². The maximum Gasteiger partial charge on any atom is 0.162 e. The molecular formula is C14H22ClNO3. The number of phenols is 1. The van der Waals surface area contributed by atoms with Gasteiger partial charge in [0.05, 0.1) is 7.11 Å². The number of benzene rings is 1. The summed E-state index contributed by atoms with van der Waals surface area (Å²) in [6, 6.07) is 3.29. The van der Waals surface area contributed by atoms with Gasteiger partial charge in [0.25, 0.3) is 0 Å². The van der Waals surface area contributed by atoms with Crippen LogP contribution in [0, 0.1) is 0 Å². The van der Waals surface area contributed by atoms with Crippen LogP contribution in [0.2, 0.25) is 5.02 Å². The lowest BCUT2D eigenvalue weighted by molar-refractivity contribution is 0.214. The summed E-state index contributed by atoms with van der Waals surface area (Å²) >= 11 is 5.99. The van der Waals surface area contributed by atoms with Gasteiger partial charge in [-0.15, -0.1) is 0 Å². The Hall–Kier alpha value is -0.970. The van der Waals surface area contributed by atoms with Crippen molar-refractivity contribution in [1.82, 2.24) is 5.32 Å². The van der Waals surface area contributed by atoms with Crippen molar-refractivity contribution in [2.75, 3.05) is 13.7 Å². The van der Waals surface area contributed by atoms with E-state index >= 15 is 0 Å². The van der Waals surface area contributed by atoms with Crippen molar-refractivity contribution in [3.8, 4) is 11.5 Å². The van der Waals surface area contributed by atoms with Crippen LogP contribution >= 0.6 is 11.6 Å². The number of aliphatic hydroxyl groups is 1. The number of halogens is 1. The van der Waals surface area contributed by atoms with Crippen molar-refractivity contribution in [2.45, 2.75) is 38.8 Å². The molecule has 0 amide bonds. The van der Waals surface area contributed by atoms with E-state index in [-0.39, 0.29) is 17.9 Å². The van der Waals surface area contributed by atoms with Crippen LogP contribution in [0.5, 0.6) is 11.5 Å². The normalized spacial score (nSPS) is 14.2. The van der Waals surface area contributed by atoms with Gasteiger partial charge in [-0.25, -0.2) is 0 Å². The van der Waals surface area contributed by atoms with E-state index in [1.807, 2.05) is 6.92 Å². The lowest BCUT2D eigenvalue weighted by atomic mass is 9.94. The zero-order chi connectivity index (χ0) is 14.5. The van der Waals surface area contributed by atoms with Crippen LogP contribution in [0.1, 0.15) is 32.3 Å². The molecule has 0 saturated carbocycles. The highest BCUT2D eigenvalue weighted by Crippen LogP contribution is 2.33. The van der Waals surface area contributed by atoms with Gasteiger partial charge < -0.3 is 20.3 Å². The van der Waals surface area contributed by atoms with Crippen molar-refractivity contribution < 1.29 is 14.9 Å². The molecular weight excluding hydrogens is 266 g/mol. The molecule has 0 heterocycles. The number of aliphatic hydroxyl groups excluding tert-OH is 1. The van der Waals surface area contributed by atoms with Crippen molar-refractivity contribution >= 4 is 11.6 Å². The Morgan fingerprint density at radius 2 is 2.11 bits per heavy atom. The molecule has 0 aliphatic rings. The number of nitrogens with one attached hydrogen (secondary N) is 1. The van der Waals surface area contributed by atoms with Gasteiger partial charge in [-0.1, -0.05) is 18.5 Å². The Morgan fingerprint density at radius 3 is 2.63 bits per heavy atom. The minimum Gasteiger partial charge on any atom is -0.504 e. The van der Waals surface area contributed by atoms with E-state index in [0.29, 0.717) is 29.3 Å². The molecule has 1 aromatic rings. The van der Waals surface area contributed by atoms with Crippen LogP contribution < -0.4 is 10.1 Å². The molecule has 1 atom stereocenters. The average molecular weight is 288 g/mol. The first-order valence-electron chi connectivity index (χ1n) is 6.37. The van der Waals surface area contributed by atoms with E-state index in [4.69, 9.17) is 21.4 Å². The zero-order valence-electron chi connectivity index (χ0n) is 11.7. The molecule has 108 valence electrons. The number of rotatable bonds is 7. The molecule has 1 aromatic carbocycles. The molecule has 1 rings (SSSR count). The van der Waals surface area contributed by atoms with Gasteiger partial charge in [-0.05, 0) is 25.8 Å². The van der Waals surface area contributed by atoms with Crippen LogP contribution in [0.25, 0.3) is 0 Å². The molecule has 1 unspecified atom stereocenters. The Bertz CT molecular complexity index is 425. The standard InChI is InChI=1S/C14H22ClNO3/c1-4-14(2,5-6-17)16-9-10-7-11(15)8-12(19-3)13(10)18/h7-8,16-18H,4-6,9H2,1-3H3. The summed E-state index contributed by atoms with van der Waals surface area (Å²) < 4.78 is 5.07. The maximum atomic E-state index is 10.0. The summed E-state index contributed by atoms with van der Waals surface area (Å²) in [5.74, 6) is 0.464. The first-order chi connectivity index (χ1) is 8.95. The van der Waals surface area contributed by atoms with Gasteiger partial charge in [0.15, 0.2) is 11.5 Å². The molecule has 0 aliphatic carbocycles. The van der Waals surface area contributed by atoms with Crippen LogP contribution in [0.3, 0.4) is 0 Å². The van der Waals surface area contributed by atoms with E-state index in [9.17, 15) is 5.11 Å². The molecule has 0 spiro atoms. The van der Waals surface area contributed by atoms with Crippen molar-refractivity contribution in [1.29, 1.82) is 0 Å². The van der Waals surface area contributed by atoms with Gasteiger partial charge in [-0.3, -0.25) is 0 Å². The number of hydrogen-bond donors (Lipinski definition) is 3. The molecule has 0 fully saturated rings. The minimum absolute atomic E-state index is 0.0989. The van der Waals surface area contributed by atoms with Gasteiger partial charge in [0, 0.05) is 35.3 Å². The largest absolute Gasteiger partial charge is 0.504 e. The van der Waals surface area contributed by atoms with Crippen LogP contribution in [-0.2, 0) is 6.54 Å². The lowest BCUT2D eigenvalue weighted by Crippen LogP contribution is -2.42. The second-order valence-electron chi connectivity index (χ2n) is 4.86. The van der Waals surface area contributed by atoms with E-state index in [1.165, 1.54) is 7.11 Å². The summed E-state index contributed by atoms with van der Waals surface area (Å²) in [5, 5.41) is 23.0. The second kappa shape index (κ2) is 6.98. The van der Waals surface area contributed by atoms with Gasteiger partial charge in [-0.2, -0.15) is 0 Å². The Labute approximate surface area is 119 Å². The fourth-order valence-corrected chi connectivity index (χ4v) is 2.10. The van der Waals surface area contributed by atoms with Crippen LogP contribution in [0.15, 0.2) is 12.1 Å². The van der Waals surface area contributed by atoms with Crippen LogP contribution in [0.4, 0.5) is 0 Å². The molecule has 4 nitrogen and oxygen atoms in total. The summed E-state index contributed by atoms with van der Waals surface area (Å²) in [7, 11) is 1.49. The summed E-state index contributed by atoms with van der Waals surface area (Å²) in [4.78, 5) is 0. The van der Waals surface area contributed by atoms with Gasteiger partial charge in [0.2, 0.25) is 0 Å². The van der Waals surface area contributed by atoms with E-state index in [2.05, 4.69) is 12.2 Å². The number of methoxy groups -OCH3 is 1. The molecule has 0 bridgehead atoms. The average Bonchev–Trinajstić information content (AvgIpc) is 2.39. The highest BCUT2D eigenvalue weighted by molar-refractivity contribution is 6.30. The predicted molar refractivity (Wildman–Crippen MR) is 76.9 cm³/mol. The van der Waals surface area contributed by atoms with Crippen molar-refractivity contribution in [2.24, 2.45) is 0 Å². The number of hydrogen-bond acceptors (Lipinski definition) is 4. The highest BCUT2D eigenvalue weighted by Gasteiger charge is 2.21. The quantitative estimate of drug-likeness (QED) is 0.721. The maximum absolute atomic E-state index is 10.0. The fourth-order valence-electron chi connectivity index (χ4n) is 1.86. The molecule has 5 heteroatoms. The summed E-state index contributed by atoms with van der Waals surface area (Å²) in [6.07, 6.45) is 1.54. The Morgan fingerprint density at radius 1 is 1.42 bits per heavy atom. The Balaban J connectivity index is 2.85. The number of aromatic hydroxyl groups is 1. The first-order valence-corrected chi connectivity index (χ1v) is 6.75. The predicted octanol–water partition coefficient (Wildman–Crippen LogP) is 2.69. The molecule has 19 heavy (non-hydrogen) atoms. The smallest absolute Gasteiger partial charge is 0.162 e. The van der Waals surface area contributed by atoms with E-state index in [1.54, 1.807) is 12.1 Å². The summed E-state index contributed by atoms with van der Waals surface area (Å²) in [6.45, 7) is 4.69. The third-order valence-electron chi connectivity index (χ3n) is 3.49. The van der Waals surface area contributed by atoms with Gasteiger partial charge >= 0.3 is 0 Å². The Kier molecular flexibility index (Phi) is 5.91. The third kappa shape index (κ3) is 4.27. The molecule has 0 radical (unpaired) electrons. The first kappa shape index (κ1) is 16.1. The second-order valence-corrected chi connectivity index (χ2v) is 5.29. The molecule has 3 N–H and O–H groups in total. The fraction of sp³-hybridized carbons (Fsp3) is 0.571. The zero-order valence-corrected chi connectivity index (χ0v) is 12.4. The molecule has 0 saturated heterocycles. The number of phenolic OH excluding ortho intramolecular Hbond substituents is 1. The monoisotopic (exact) mass is 287 g/mol. The van der Waals surface area contributed by atoms with Gasteiger partial charge in [0.1, 0.15) is 0 Å². The van der Waals surface area contributed by atoms with Crippen molar-refractivity contribution in [3.63, 3.8) is 0 Å². The summed E-state index contributed by atoms with van der Waals surface area (Å²) in [5.41, 5.74) is 0.512. The van der Waals surface area contributed by atoms with E-state index in [0.717, 1.165) is 6.42 Å². The minimum atomic E-state index is -0.170. The molecule has 0 aliphatic heterocycles. The molecule has 0 aromatic heterocycles. The highest BCUT2D eigenvalue weighted by atomic mass is 35.5. The topological polar surface area (TPSA) is 61.7 Å². The van der Waals surface area contributed by atoms with Crippen molar-refractivity contribution in [3.05, 3.63) is 22.7 Å².